The van der Waals surface area contributed by atoms with E-state index in [1.807, 2.05) is 23.1 Å². The lowest BCUT2D eigenvalue weighted by molar-refractivity contribution is 0.196. The molecule has 0 spiro atoms. The smallest absolute Gasteiger partial charge is 0.317 e. The summed E-state index contributed by atoms with van der Waals surface area (Å²) in [6, 6.07) is 10.3. The molecule has 130 valence electrons. The maximum Gasteiger partial charge on any atom is 0.317 e. The van der Waals surface area contributed by atoms with Gasteiger partial charge in [0.1, 0.15) is 0 Å². The van der Waals surface area contributed by atoms with Crippen LogP contribution in [-0.4, -0.2) is 45.3 Å². The highest BCUT2D eigenvalue weighted by Gasteiger charge is 2.41. The van der Waals surface area contributed by atoms with Gasteiger partial charge in [-0.2, -0.15) is 0 Å². The summed E-state index contributed by atoms with van der Waals surface area (Å²) in [7, 11) is -0.884. The van der Waals surface area contributed by atoms with E-state index in [1.54, 1.807) is 6.26 Å². The van der Waals surface area contributed by atoms with E-state index in [-0.39, 0.29) is 16.8 Å². The highest BCUT2D eigenvalue weighted by atomic mass is 32.2. The second kappa shape index (κ2) is 7.51. The van der Waals surface area contributed by atoms with Crippen molar-refractivity contribution in [3.05, 3.63) is 42.0 Å². The van der Waals surface area contributed by atoms with Gasteiger partial charge in [0.05, 0.1) is 10.8 Å². The Hall–Kier alpha value is -1.62. The van der Waals surface area contributed by atoms with Crippen LogP contribution in [0.25, 0.3) is 6.08 Å². The molecular weight excluding hydrogens is 320 g/mol. The fraction of sp³-hybridized carbons (Fsp3) is 0.526. The summed E-state index contributed by atoms with van der Waals surface area (Å²) >= 11 is 0. The second-order valence-electron chi connectivity index (χ2n) is 6.82. The minimum absolute atomic E-state index is 0.0214. The molecule has 24 heavy (non-hydrogen) atoms. The summed E-state index contributed by atoms with van der Waals surface area (Å²) < 4.78 is 11.8. The van der Waals surface area contributed by atoms with E-state index in [9.17, 15) is 9.00 Å². The molecule has 1 aliphatic heterocycles. The van der Waals surface area contributed by atoms with Crippen molar-refractivity contribution in [1.29, 1.82) is 0 Å². The summed E-state index contributed by atoms with van der Waals surface area (Å²) in [5.41, 5.74) is 1.15. The van der Waals surface area contributed by atoms with Crippen molar-refractivity contribution in [2.45, 2.75) is 42.9 Å². The van der Waals surface area contributed by atoms with E-state index >= 15 is 0 Å². The van der Waals surface area contributed by atoms with Crippen molar-refractivity contribution in [1.82, 2.24) is 10.2 Å². The summed E-state index contributed by atoms with van der Waals surface area (Å²) in [4.78, 5) is 14.5. The molecule has 0 unspecified atom stereocenters. The van der Waals surface area contributed by atoms with Crippen LogP contribution in [0.1, 0.15) is 37.7 Å². The Kier molecular flexibility index (Phi) is 5.39. The molecule has 0 aromatic heterocycles. The molecule has 1 aromatic rings. The number of hydrogen-bond acceptors (Lipinski definition) is 2. The van der Waals surface area contributed by atoms with Crippen molar-refractivity contribution in [2.75, 3.05) is 19.3 Å². The maximum absolute atomic E-state index is 12.6. The molecule has 0 radical (unpaired) electrons. The van der Waals surface area contributed by atoms with Crippen LogP contribution in [0.5, 0.6) is 0 Å². The number of nitrogens with one attached hydrogen (secondary N) is 1. The van der Waals surface area contributed by atoms with Crippen molar-refractivity contribution >= 4 is 22.9 Å². The third-order valence-corrected chi connectivity index (χ3v) is 7.08. The molecule has 3 rings (SSSR count). The van der Waals surface area contributed by atoms with E-state index in [2.05, 4.69) is 29.6 Å². The van der Waals surface area contributed by atoms with E-state index in [4.69, 9.17) is 0 Å². The highest BCUT2D eigenvalue weighted by molar-refractivity contribution is 7.85. The van der Waals surface area contributed by atoms with Gasteiger partial charge in [0, 0.05) is 30.1 Å². The highest BCUT2D eigenvalue weighted by Crippen LogP contribution is 2.36. The van der Waals surface area contributed by atoms with Gasteiger partial charge in [-0.25, -0.2) is 4.79 Å². The predicted molar refractivity (Wildman–Crippen MR) is 99.3 cm³/mol. The third kappa shape index (κ3) is 3.72. The van der Waals surface area contributed by atoms with Crippen molar-refractivity contribution in [3.8, 4) is 0 Å². The van der Waals surface area contributed by atoms with Gasteiger partial charge in [-0.1, -0.05) is 48.9 Å². The first-order chi connectivity index (χ1) is 11.6. The van der Waals surface area contributed by atoms with Crippen molar-refractivity contribution in [2.24, 2.45) is 0 Å². The standard InChI is InChI=1S/C19H26N2O2S/c1-24(23)19(12-6-13-19)15-20-18(22)21-14-5-9-17(21)11-10-16-7-3-2-4-8-16/h2-4,7-8,10-11,17H,5-6,9,12-15H2,1H3,(H,20,22)/b11-10+/t17-,24+/m0/s1. The van der Waals surface area contributed by atoms with Crippen LogP contribution in [0, 0.1) is 0 Å². The Labute approximate surface area is 146 Å². The summed E-state index contributed by atoms with van der Waals surface area (Å²) in [6.45, 7) is 1.32. The number of carbonyl (C=O) groups is 1. The first-order valence-corrected chi connectivity index (χ1v) is 10.3. The number of likely N-dealkylation sites (tertiary alicyclic amines) is 1. The molecule has 1 aliphatic carbocycles. The van der Waals surface area contributed by atoms with Crippen LogP contribution in [0.4, 0.5) is 4.79 Å². The molecule has 0 bridgehead atoms. The van der Waals surface area contributed by atoms with Crippen LogP contribution in [0.15, 0.2) is 36.4 Å². The minimum atomic E-state index is -0.884. The van der Waals surface area contributed by atoms with Crippen molar-refractivity contribution in [3.63, 3.8) is 0 Å². The quantitative estimate of drug-likeness (QED) is 0.890. The van der Waals surface area contributed by atoms with E-state index in [0.29, 0.717) is 6.54 Å². The zero-order valence-corrected chi connectivity index (χ0v) is 15.1. The molecule has 1 N–H and O–H groups in total. The average molecular weight is 346 g/mol. The molecule has 2 atom stereocenters. The molecule has 4 nitrogen and oxygen atoms in total. The Morgan fingerprint density at radius 2 is 2.08 bits per heavy atom. The van der Waals surface area contributed by atoms with Gasteiger partial charge in [-0.15, -0.1) is 0 Å². The maximum atomic E-state index is 12.6. The molecule has 1 saturated carbocycles. The van der Waals surface area contributed by atoms with Crippen LogP contribution in [0.3, 0.4) is 0 Å². The number of benzene rings is 1. The average Bonchev–Trinajstić information content (AvgIpc) is 3.01. The van der Waals surface area contributed by atoms with E-state index in [0.717, 1.165) is 44.2 Å². The van der Waals surface area contributed by atoms with Gasteiger partial charge in [0.2, 0.25) is 0 Å². The van der Waals surface area contributed by atoms with Gasteiger partial charge in [-0.3, -0.25) is 4.21 Å². The normalized spacial score (nSPS) is 23.9. The first kappa shape index (κ1) is 17.2. The number of hydrogen-bond donors (Lipinski definition) is 1. The zero-order valence-electron chi connectivity index (χ0n) is 14.2. The lowest BCUT2D eigenvalue weighted by Gasteiger charge is -2.40. The Balaban J connectivity index is 1.57. The van der Waals surface area contributed by atoms with Crippen molar-refractivity contribution < 1.29 is 9.00 Å². The van der Waals surface area contributed by atoms with Gasteiger partial charge in [0.15, 0.2) is 0 Å². The molecule has 1 heterocycles. The minimum Gasteiger partial charge on any atom is -0.336 e. The summed E-state index contributed by atoms with van der Waals surface area (Å²) in [6.07, 6.45) is 11.0. The van der Waals surface area contributed by atoms with E-state index < -0.39 is 10.8 Å². The SMILES string of the molecule is C[S@@](=O)C1(CNC(=O)N2CCC[C@H]2/C=C/c2ccccc2)CCC1. The molecule has 5 heteroatoms. The molecule has 2 fully saturated rings. The molecule has 2 amide bonds. The molecule has 1 aromatic carbocycles. The first-order valence-electron chi connectivity index (χ1n) is 8.72. The van der Waals surface area contributed by atoms with Gasteiger partial charge < -0.3 is 10.2 Å². The number of nitrogens with zero attached hydrogens (tertiary/aromatic N) is 1. The Bertz CT molecular complexity index is 626. The topological polar surface area (TPSA) is 49.4 Å². The Morgan fingerprint density at radius 3 is 2.71 bits per heavy atom. The number of rotatable bonds is 5. The lowest BCUT2D eigenvalue weighted by Crippen LogP contribution is -2.53. The molecular formula is C19H26N2O2S. The van der Waals surface area contributed by atoms with Gasteiger partial charge in [-0.05, 0) is 31.2 Å². The second-order valence-corrected chi connectivity index (χ2v) is 8.60. The fourth-order valence-electron chi connectivity index (χ4n) is 3.51. The van der Waals surface area contributed by atoms with Crippen LogP contribution >= 0.6 is 0 Å². The largest absolute Gasteiger partial charge is 0.336 e. The summed E-state index contributed by atoms with van der Waals surface area (Å²) in [5.74, 6) is 0. The molecule has 1 saturated heterocycles. The third-order valence-electron chi connectivity index (χ3n) is 5.31. The Morgan fingerprint density at radius 1 is 1.33 bits per heavy atom. The lowest BCUT2D eigenvalue weighted by atomic mass is 9.84. The fourth-order valence-corrected chi connectivity index (χ4v) is 4.65. The number of carbonyl (C=O) groups excluding carboxylic acids is 1. The van der Waals surface area contributed by atoms with E-state index in [1.165, 1.54) is 0 Å². The summed E-state index contributed by atoms with van der Waals surface area (Å²) in [5, 5.41) is 3.04. The van der Waals surface area contributed by atoms with Crippen LogP contribution in [-0.2, 0) is 10.8 Å². The number of urea groups is 1. The predicted octanol–water partition coefficient (Wildman–Crippen LogP) is 3.18. The van der Waals surface area contributed by atoms with Gasteiger partial charge >= 0.3 is 6.03 Å². The van der Waals surface area contributed by atoms with Crippen LogP contribution in [0.2, 0.25) is 0 Å². The zero-order chi connectivity index (χ0) is 17.0. The number of amides is 2. The monoisotopic (exact) mass is 346 g/mol. The molecule has 2 aliphatic rings. The van der Waals surface area contributed by atoms with Gasteiger partial charge in [0.25, 0.3) is 0 Å². The van der Waals surface area contributed by atoms with Crippen LogP contribution < -0.4 is 5.32 Å².